The summed E-state index contributed by atoms with van der Waals surface area (Å²) in [5.74, 6) is -2.23. The summed E-state index contributed by atoms with van der Waals surface area (Å²) in [5, 5.41) is 0.526. The number of benzene rings is 1. The molecule has 3 amide bonds. The zero-order valence-electron chi connectivity index (χ0n) is 14.3. The fraction of sp³-hybridized carbons (Fsp3) is 0.474. The first-order valence-corrected chi connectivity index (χ1v) is 9.04. The Morgan fingerprint density at radius 3 is 2.04 bits per heavy atom. The zero-order chi connectivity index (χ0) is 18.3. The molecular weight excluding hydrogens is 336 g/mol. The molecule has 2 heterocycles. The Labute approximate surface area is 150 Å². The van der Waals surface area contributed by atoms with Gasteiger partial charge in [-0.05, 0) is 25.0 Å². The average molecular weight is 356 g/mol. The normalized spacial score (nSPS) is 20.8. The molecule has 2 fully saturated rings. The zero-order valence-corrected chi connectivity index (χ0v) is 14.3. The van der Waals surface area contributed by atoms with E-state index in [4.69, 9.17) is 4.84 Å². The number of hydrogen-bond donors (Lipinski definition) is 0. The molecule has 0 spiro atoms. The van der Waals surface area contributed by atoms with E-state index in [9.17, 15) is 19.2 Å². The third-order valence-corrected chi connectivity index (χ3v) is 5.42. The minimum absolute atomic E-state index is 0.0666. The Morgan fingerprint density at radius 1 is 0.885 bits per heavy atom. The van der Waals surface area contributed by atoms with Crippen LogP contribution in [0.2, 0.25) is 0 Å². The van der Waals surface area contributed by atoms with Gasteiger partial charge in [-0.2, -0.15) is 0 Å². The van der Waals surface area contributed by atoms with Gasteiger partial charge in [-0.25, -0.2) is 4.79 Å². The number of hydroxylamine groups is 2. The molecule has 0 bridgehead atoms. The third kappa shape index (κ3) is 2.77. The van der Waals surface area contributed by atoms with Gasteiger partial charge in [0.05, 0.1) is 17.0 Å². The number of likely N-dealkylation sites (tertiary alicyclic amines) is 1. The summed E-state index contributed by atoms with van der Waals surface area (Å²) in [6.07, 6.45) is 5.17. The highest BCUT2D eigenvalue weighted by molar-refractivity contribution is 6.20. The summed E-state index contributed by atoms with van der Waals surface area (Å²) in [7, 11) is 0. The van der Waals surface area contributed by atoms with Crippen molar-refractivity contribution >= 4 is 23.7 Å². The number of fused-ring (bicyclic) bond motifs is 1. The molecule has 0 atom stereocenters. The Balaban J connectivity index is 1.32. The Kier molecular flexibility index (Phi) is 4.22. The fourth-order valence-electron chi connectivity index (χ4n) is 3.83. The summed E-state index contributed by atoms with van der Waals surface area (Å²) in [6, 6.07) is 6.35. The predicted molar refractivity (Wildman–Crippen MR) is 89.7 cm³/mol. The Hall–Kier alpha value is -2.70. The van der Waals surface area contributed by atoms with Gasteiger partial charge in [0.2, 0.25) is 5.91 Å². The molecule has 4 rings (SSSR count). The van der Waals surface area contributed by atoms with Crippen LogP contribution in [-0.2, 0) is 14.4 Å². The van der Waals surface area contributed by atoms with Crippen LogP contribution in [0.3, 0.4) is 0 Å². The second-order valence-electron chi connectivity index (χ2n) is 7.14. The van der Waals surface area contributed by atoms with Crippen molar-refractivity contribution < 1.29 is 24.0 Å². The van der Waals surface area contributed by atoms with Crippen molar-refractivity contribution in [3.8, 4) is 0 Å². The van der Waals surface area contributed by atoms with Crippen LogP contribution < -0.4 is 0 Å². The van der Waals surface area contributed by atoms with E-state index < -0.39 is 23.7 Å². The standard InChI is InChI=1S/C19H20N2O5/c22-16(12-6-2-1-3-7-12)20-10-13(11-20)19(25)26-21-17(23)14-8-4-5-9-15(14)18(21)24/h4-5,8-9,12-13H,1-3,6-7,10-11H2. The first-order valence-electron chi connectivity index (χ1n) is 9.04. The lowest BCUT2D eigenvalue weighted by molar-refractivity contribution is -0.181. The molecule has 1 aromatic rings. The lowest BCUT2D eigenvalue weighted by Gasteiger charge is -2.40. The molecule has 1 aliphatic carbocycles. The van der Waals surface area contributed by atoms with Crippen LogP contribution in [0, 0.1) is 11.8 Å². The predicted octanol–water partition coefficient (Wildman–Crippen LogP) is 1.78. The van der Waals surface area contributed by atoms with Crippen LogP contribution in [0.1, 0.15) is 52.8 Å². The molecule has 2 aliphatic heterocycles. The molecule has 26 heavy (non-hydrogen) atoms. The van der Waals surface area contributed by atoms with Crippen molar-refractivity contribution in [3.63, 3.8) is 0 Å². The number of carbonyl (C=O) groups excluding carboxylic acids is 4. The maximum Gasteiger partial charge on any atom is 0.339 e. The van der Waals surface area contributed by atoms with Crippen LogP contribution in [0.4, 0.5) is 0 Å². The summed E-state index contributed by atoms with van der Waals surface area (Å²) < 4.78 is 0. The number of carbonyl (C=O) groups is 4. The lowest BCUT2D eigenvalue weighted by atomic mass is 9.86. The van der Waals surface area contributed by atoms with E-state index in [1.165, 1.54) is 18.6 Å². The summed E-state index contributed by atoms with van der Waals surface area (Å²) in [6.45, 7) is 0.578. The molecule has 136 valence electrons. The topological polar surface area (TPSA) is 84.0 Å². The van der Waals surface area contributed by atoms with Gasteiger partial charge < -0.3 is 9.74 Å². The molecule has 0 unspecified atom stereocenters. The largest absolute Gasteiger partial charge is 0.341 e. The number of imide groups is 1. The van der Waals surface area contributed by atoms with E-state index in [0.717, 1.165) is 25.7 Å². The van der Waals surface area contributed by atoms with E-state index in [0.29, 0.717) is 5.06 Å². The van der Waals surface area contributed by atoms with Gasteiger partial charge in [0.25, 0.3) is 11.8 Å². The van der Waals surface area contributed by atoms with Gasteiger partial charge in [0.15, 0.2) is 0 Å². The Morgan fingerprint density at radius 2 is 1.46 bits per heavy atom. The van der Waals surface area contributed by atoms with Gasteiger partial charge in [0, 0.05) is 19.0 Å². The summed E-state index contributed by atoms with van der Waals surface area (Å²) >= 11 is 0. The maximum absolute atomic E-state index is 12.4. The quantitative estimate of drug-likeness (QED) is 0.771. The molecule has 7 nitrogen and oxygen atoms in total. The van der Waals surface area contributed by atoms with E-state index in [2.05, 4.69) is 0 Å². The molecule has 1 aromatic carbocycles. The van der Waals surface area contributed by atoms with Crippen LogP contribution in [0.15, 0.2) is 24.3 Å². The van der Waals surface area contributed by atoms with Gasteiger partial charge in [-0.1, -0.05) is 36.5 Å². The van der Waals surface area contributed by atoms with Gasteiger partial charge in [0.1, 0.15) is 0 Å². The number of amides is 3. The first-order chi connectivity index (χ1) is 12.6. The highest BCUT2D eigenvalue weighted by Crippen LogP contribution is 2.29. The highest BCUT2D eigenvalue weighted by atomic mass is 16.7. The molecule has 0 radical (unpaired) electrons. The van der Waals surface area contributed by atoms with E-state index in [1.807, 2.05) is 0 Å². The second-order valence-corrected chi connectivity index (χ2v) is 7.14. The minimum atomic E-state index is -0.646. The van der Waals surface area contributed by atoms with Gasteiger partial charge in [-0.3, -0.25) is 14.4 Å². The number of hydrogen-bond acceptors (Lipinski definition) is 5. The van der Waals surface area contributed by atoms with Crippen molar-refractivity contribution in [1.82, 2.24) is 9.96 Å². The average Bonchev–Trinajstić information content (AvgIpc) is 2.86. The summed E-state index contributed by atoms with van der Waals surface area (Å²) in [4.78, 5) is 55.8. The van der Waals surface area contributed by atoms with Crippen molar-refractivity contribution in [2.45, 2.75) is 32.1 Å². The smallest absolute Gasteiger partial charge is 0.339 e. The molecule has 3 aliphatic rings. The van der Waals surface area contributed by atoms with Crippen molar-refractivity contribution in [1.29, 1.82) is 0 Å². The van der Waals surface area contributed by atoms with Crippen LogP contribution in [-0.4, -0.2) is 46.7 Å². The number of rotatable bonds is 3. The van der Waals surface area contributed by atoms with Crippen LogP contribution >= 0.6 is 0 Å². The molecular formula is C19H20N2O5. The Bertz CT molecular complexity index is 743. The molecule has 0 N–H and O–H groups in total. The molecule has 7 heteroatoms. The fourth-order valence-corrected chi connectivity index (χ4v) is 3.83. The van der Waals surface area contributed by atoms with Gasteiger partial charge in [-0.15, -0.1) is 0 Å². The van der Waals surface area contributed by atoms with E-state index in [-0.39, 0.29) is 36.0 Å². The molecule has 0 aromatic heterocycles. The lowest BCUT2D eigenvalue weighted by Crippen LogP contribution is -2.56. The monoisotopic (exact) mass is 356 g/mol. The van der Waals surface area contributed by atoms with Crippen molar-refractivity contribution in [2.24, 2.45) is 11.8 Å². The van der Waals surface area contributed by atoms with E-state index >= 15 is 0 Å². The van der Waals surface area contributed by atoms with Crippen molar-refractivity contribution in [2.75, 3.05) is 13.1 Å². The third-order valence-electron chi connectivity index (χ3n) is 5.42. The first kappa shape index (κ1) is 16.8. The SMILES string of the molecule is O=C(ON1C(=O)c2ccccc2C1=O)C1CN(C(=O)C2CCCCC2)C1. The van der Waals surface area contributed by atoms with Crippen LogP contribution in [0.25, 0.3) is 0 Å². The minimum Gasteiger partial charge on any atom is -0.341 e. The molecule has 1 saturated carbocycles. The van der Waals surface area contributed by atoms with Crippen molar-refractivity contribution in [3.05, 3.63) is 35.4 Å². The molecule has 1 saturated heterocycles. The second kappa shape index (κ2) is 6.55. The summed E-state index contributed by atoms with van der Waals surface area (Å²) in [5.41, 5.74) is 0.459. The van der Waals surface area contributed by atoms with Gasteiger partial charge >= 0.3 is 5.97 Å². The highest BCUT2D eigenvalue weighted by Gasteiger charge is 2.44. The maximum atomic E-state index is 12.4. The van der Waals surface area contributed by atoms with Crippen LogP contribution in [0.5, 0.6) is 0 Å². The van der Waals surface area contributed by atoms with E-state index in [1.54, 1.807) is 17.0 Å². The number of nitrogens with zero attached hydrogens (tertiary/aromatic N) is 2.